The monoisotopic (exact) mass is 537 g/mol. The highest BCUT2D eigenvalue weighted by Crippen LogP contribution is 2.25. The van der Waals surface area contributed by atoms with Crippen LogP contribution in [0.4, 0.5) is 4.39 Å². The number of nitrogens with one attached hydrogen (secondary N) is 1. The fraction of sp³-hybridized carbons (Fsp3) is 0.531. The molecule has 0 bridgehead atoms. The van der Waals surface area contributed by atoms with Gasteiger partial charge in [0.2, 0.25) is 11.8 Å². The number of carbonyl (C=O) groups excluding carboxylic acids is 1. The third-order valence-corrected chi connectivity index (χ3v) is 7.07. The van der Waals surface area contributed by atoms with Gasteiger partial charge in [-0.25, -0.2) is 4.39 Å². The molecule has 0 radical (unpaired) electrons. The first-order valence-electron chi connectivity index (χ1n) is 14.5. The van der Waals surface area contributed by atoms with Gasteiger partial charge in [-0.2, -0.15) is 4.98 Å². The first kappa shape index (κ1) is 30.5. The molecule has 1 aliphatic rings. The lowest BCUT2D eigenvalue weighted by Gasteiger charge is -2.25. The number of carbonyl (C=O) groups is 1. The molecule has 1 atom stereocenters. The Morgan fingerprint density at radius 3 is 2.21 bits per heavy atom. The topological polar surface area (TPSA) is 77.3 Å². The van der Waals surface area contributed by atoms with Crippen molar-refractivity contribution in [1.82, 2.24) is 15.5 Å². The van der Waals surface area contributed by atoms with Gasteiger partial charge in [-0.1, -0.05) is 87.7 Å². The molecule has 2 aromatic carbocycles. The summed E-state index contributed by atoms with van der Waals surface area (Å²) in [7, 11) is 0. The second kappa shape index (κ2) is 16.8. The van der Waals surface area contributed by atoms with Crippen molar-refractivity contribution in [2.24, 2.45) is 5.92 Å². The van der Waals surface area contributed by atoms with E-state index in [4.69, 9.17) is 9.26 Å². The van der Waals surface area contributed by atoms with Gasteiger partial charge in [0.1, 0.15) is 5.82 Å². The number of rotatable bonds is 12. The van der Waals surface area contributed by atoms with Crippen molar-refractivity contribution >= 4 is 5.91 Å². The van der Waals surface area contributed by atoms with Gasteiger partial charge in [-0.3, -0.25) is 4.79 Å². The quantitative estimate of drug-likeness (QED) is 0.258. The minimum absolute atomic E-state index is 0.122. The molecule has 2 heterocycles. The molecule has 39 heavy (non-hydrogen) atoms. The van der Waals surface area contributed by atoms with Crippen molar-refractivity contribution in [2.45, 2.75) is 90.5 Å². The van der Waals surface area contributed by atoms with Crippen molar-refractivity contribution in [3.8, 4) is 0 Å². The zero-order chi connectivity index (χ0) is 27.9. The summed E-state index contributed by atoms with van der Waals surface area (Å²) in [4.78, 5) is 16.8. The lowest BCUT2D eigenvalue weighted by molar-refractivity contribution is -0.128. The van der Waals surface area contributed by atoms with Gasteiger partial charge in [-0.15, -0.1) is 0 Å². The Hall–Kier alpha value is -3.06. The number of ether oxygens (including phenoxy) is 1. The summed E-state index contributed by atoms with van der Waals surface area (Å²) in [5.74, 6) is 1.85. The summed E-state index contributed by atoms with van der Waals surface area (Å²) < 4.78 is 23.6. The van der Waals surface area contributed by atoms with Gasteiger partial charge < -0.3 is 14.6 Å². The van der Waals surface area contributed by atoms with E-state index in [2.05, 4.69) is 48.4 Å². The number of aromatic nitrogens is 2. The SMILES string of the molecule is CCCC(CCC)c1nc(Cc2ccc(F)cc2)no1.CCCC(NC(=O)C1CCOCC1)c1ccccc1. The number of benzene rings is 2. The molecule has 1 aromatic heterocycles. The fourth-order valence-electron chi connectivity index (χ4n) is 4.92. The van der Waals surface area contributed by atoms with E-state index in [1.165, 1.54) is 17.7 Å². The molecule has 1 fully saturated rings. The molecule has 0 saturated carbocycles. The van der Waals surface area contributed by atoms with E-state index in [0.29, 0.717) is 31.4 Å². The molecule has 6 nitrogen and oxygen atoms in total. The van der Waals surface area contributed by atoms with Crippen LogP contribution in [-0.2, 0) is 16.0 Å². The second-order valence-electron chi connectivity index (χ2n) is 10.3. The molecule has 4 rings (SSSR count). The molecule has 1 unspecified atom stereocenters. The van der Waals surface area contributed by atoms with Crippen molar-refractivity contribution in [2.75, 3.05) is 13.2 Å². The zero-order valence-corrected chi connectivity index (χ0v) is 23.7. The Kier molecular flexibility index (Phi) is 13.1. The highest BCUT2D eigenvalue weighted by Gasteiger charge is 2.24. The van der Waals surface area contributed by atoms with Crippen molar-refractivity contribution in [1.29, 1.82) is 0 Å². The Morgan fingerprint density at radius 2 is 1.59 bits per heavy atom. The summed E-state index contributed by atoms with van der Waals surface area (Å²) in [6.45, 7) is 7.90. The van der Waals surface area contributed by atoms with E-state index in [1.807, 2.05) is 18.2 Å². The van der Waals surface area contributed by atoms with Crippen LogP contribution in [0.1, 0.15) is 107 Å². The molecule has 3 aromatic rings. The maximum atomic E-state index is 12.9. The van der Waals surface area contributed by atoms with Crippen molar-refractivity contribution < 1.29 is 18.4 Å². The van der Waals surface area contributed by atoms with Crippen LogP contribution in [0.15, 0.2) is 59.1 Å². The van der Waals surface area contributed by atoms with E-state index in [-0.39, 0.29) is 23.7 Å². The molecule has 7 heteroatoms. The first-order valence-corrected chi connectivity index (χ1v) is 14.5. The minimum Gasteiger partial charge on any atom is -0.381 e. The van der Waals surface area contributed by atoms with Gasteiger partial charge >= 0.3 is 0 Å². The average Bonchev–Trinajstić information content (AvgIpc) is 3.43. The van der Waals surface area contributed by atoms with Gasteiger partial charge in [0.15, 0.2) is 5.82 Å². The Balaban J connectivity index is 0.000000216. The molecule has 0 spiro atoms. The molecule has 212 valence electrons. The van der Waals surface area contributed by atoms with E-state index >= 15 is 0 Å². The summed E-state index contributed by atoms with van der Waals surface area (Å²) in [5.41, 5.74) is 2.19. The van der Waals surface area contributed by atoms with Crippen LogP contribution in [0, 0.1) is 11.7 Å². The maximum Gasteiger partial charge on any atom is 0.229 e. The summed E-state index contributed by atoms with van der Waals surface area (Å²) in [6.07, 6.45) is 8.69. The molecule has 1 amide bonds. The highest BCUT2D eigenvalue weighted by atomic mass is 19.1. The molecular weight excluding hydrogens is 493 g/mol. The van der Waals surface area contributed by atoms with Crippen LogP contribution in [0.2, 0.25) is 0 Å². The standard InChI is InChI=1S/C16H21FN2O.C16H23NO2/c1-3-5-13(6-4-2)16-18-15(19-20-16)11-12-7-9-14(17)10-8-12;1-2-6-15(13-7-4-3-5-8-13)17-16(18)14-9-11-19-12-10-14/h7-10,13H,3-6,11H2,1-2H3;3-5,7-8,14-15H,2,6,9-12H2,1H3,(H,17,18). The number of hydrogen-bond acceptors (Lipinski definition) is 5. The van der Waals surface area contributed by atoms with Gasteiger partial charge in [-0.05, 0) is 55.4 Å². The maximum absolute atomic E-state index is 12.9. The second-order valence-corrected chi connectivity index (χ2v) is 10.3. The largest absolute Gasteiger partial charge is 0.381 e. The van der Waals surface area contributed by atoms with Crippen molar-refractivity contribution in [3.63, 3.8) is 0 Å². The molecule has 1 N–H and O–H groups in total. The van der Waals surface area contributed by atoms with Gasteiger partial charge in [0, 0.05) is 31.5 Å². The van der Waals surface area contributed by atoms with Crippen LogP contribution in [0.25, 0.3) is 0 Å². The Labute approximate surface area is 232 Å². The predicted molar refractivity (Wildman–Crippen MR) is 152 cm³/mol. The third-order valence-electron chi connectivity index (χ3n) is 7.07. The number of hydrogen-bond donors (Lipinski definition) is 1. The van der Waals surface area contributed by atoms with E-state index in [9.17, 15) is 9.18 Å². The minimum atomic E-state index is -0.228. The zero-order valence-electron chi connectivity index (χ0n) is 23.7. The van der Waals surface area contributed by atoms with Crippen LogP contribution in [0.3, 0.4) is 0 Å². The summed E-state index contributed by atoms with van der Waals surface area (Å²) in [6, 6.07) is 16.8. The highest BCUT2D eigenvalue weighted by molar-refractivity contribution is 5.79. The number of nitrogens with zero attached hydrogens (tertiary/aromatic N) is 2. The summed E-state index contributed by atoms with van der Waals surface area (Å²) in [5, 5.41) is 7.25. The third kappa shape index (κ3) is 10.2. The van der Waals surface area contributed by atoms with E-state index < -0.39 is 0 Å². The summed E-state index contributed by atoms with van der Waals surface area (Å²) >= 11 is 0. The number of amides is 1. The van der Waals surface area contributed by atoms with Crippen LogP contribution in [0.5, 0.6) is 0 Å². The smallest absolute Gasteiger partial charge is 0.229 e. The fourth-order valence-corrected chi connectivity index (χ4v) is 4.92. The van der Waals surface area contributed by atoms with E-state index in [1.54, 1.807) is 12.1 Å². The lowest BCUT2D eigenvalue weighted by atomic mass is 9.97. The molecule has 1 saturated heterocycles. The predicted octanol–water partition coefficient (Wildman–Crippen LogP) is 7.55. The first-order chi connectivity index (χ1) is 19.0. The molecular formula is C32H44FN3O3. The normalized spacial score (nSPS) is 14.5. The number of halogens is 1. The Morgan fingerprint density at radius 1 is 0.949 bits per heavy atom. The van der Waals surface area contributed by atoms with Crippen LogP contribution >= 0.6 is 0 Å². The van der Waals surface area contributed by atoms with Crippen LogP contribution < -0.4 is 5.32 Å². The van der Waals surface area contributed by atoms with E-state index in [0.717, 1.165) is 62.8 Å². The van der Waals surface area contributed by atoms with Crippen LogP contribution in [-0.4, -0.2) is 29.3 Å². The average molecular weight is 538 g/mol. The van der Waals surface area contributed by atoms with Gasteiger partial charge in [0.05, 0.1) is 6.04 Å². The molecule has 1 aliphatic heterocycles. The van der Waals surface area contributed by atoms with Crippen molar-refractivity contribution in [3.05, 3.63) is 83.3 Å². The Bertz CT molecular complexity index is 1080. The molecule has 0 aliphatic carbocycles. The van der Waals surface area contributed by atoms with Gasteiger partial charge in [0.25, 0.3) is 0 Å². The lowest BCUT2D eigenvalue weighted by Crippen LogP contribution is -2.36.